The van der Waals surface area contributed by atoms with E-state index in [1.807, 2.05) is 51.4 Å². The van der Waals surface area contributed by atoms with E-state index in [-0.39, 0.29) is 11.9 Å². The van der Waals surface area contributed by atoms with E-state index in [2.05, 4.69) is 52.4 Å². The van der Waals surface area contributed by atoms with Gasteiger partial charge in [0.05, 0.1) is 83.9 Å². The molecule has 1 unspecified atom stereocenters. The van der Waals surface area contributed by atoms with Crippen molar-refractivity contribution < 1.29 is 36.4 Å². The van der Waals surface area contributed by atoms with Crippen LogP contribution in [0.1, 0.15) is 46.6 Å². The van der Waals surface area contributed by atoms with Gasteiger partial charge < -0.3 is 28.3 Å². The molecule has 0 aliphatic heterocycles. The van der Waals surface area contributed by atoms with Crippen LogP contribution in [0.25, 0.3) is 0 Å². The van der Waals surface area contributed by atoms with E-state index in [0.29, 0.717) is 96.9 Å². The van der Waals surface area contributed by atoms with Gasteiger partial charge in [0.2, 0.25) is 0 Å². The maximum absolute atomic E-state index is 10.9. The molecule has 0 aliphatic rings. The van der Waals surface area contributed by atoms with Gasteiger partial charge in [0, 0.05) is 25.2 Å². The molecule has 1 aromatic heterocycles. The van der Waals surface area contributed by atoms with E-state index in [1.165, 1.54) is 11.3 Å². The zero-order valence-corrected chi connectivity index (χ0v) is 32.4. The fourth-order valence-corrected chi connectivity index (χ4v) is 6.65. The van der Waals surface area contributed by atoms with E-state index in [1.54, 1.807) is 6.92 Å². The second-order valence-corrected chi connectivity index (χ2v) is 15.4. The van der Waals surface area contributed by atoms with E-state index in [9.17, 15) is 18.9 Å². The summed E-state index contributed by atoms with van der Waals surface area (Å²) in [6.07, 6.45) is 0.204. The molecule has 1 atom stereocenters. The average Bonchev–Trinajstić information content (AvgIpc) is 3.42. The Bertz CT molecular complexity index is 1770. The molecule has 52 heavy (non-hydrogen) atoms. The highest BCUT2D eigenvalue weighted by Gasteiger charge is 2.19. The Kier molecular flexibility index (Phi) is 17.8. The summed E-state index contributed by atoms with van der Waals surface area (Å²) >= 11 is 1.17. The largest absolute Gasteiger partial charge is 0.377 e. The summed E-state index contributed by atoms with van der Waals surface area (Å²) in [4.78, 5) is 2.72. The van der Waals surface area contributed by atoms with Crippen LogP contribution in [0.15, 0.2) is 58.8 Å². The number of likely N-dealkylation sites (N-methyl/N-ethyl adjacent to an activating group) is 2. The minimum Gasteiger partial charge on any atom is -0.377 e. The summed E-state index contributed by atoms with van der Waals surface area (Å²) in [5.41, 5.74) is 4.73. The van der Waals surface area contributed by atoms with Crippen LogP contribution in [-0.4, -0.2) is 110 Å². The lowest BCUT2D eigenvalue weighted by atomic mass is 10.1. The molecule has 0 saturated carbocycles. The zero-order chi connectivity index (χ0) is 38.0. The molecule has 0 fully saturated rings. The minimum absolute atomic E-state index is 0.190. The summed E-state index contributed by atoms with van der Waals surface area (Å²) in [6.45, 7) is 11.7. The number of ether oxygens (including phenoxy) is 4. The van der Waals surface area contributed by atoms with Gasteiger partial charge in [-0.2, -0.15) is 18.9 Å². The third-order valence-electron chi connectivity index (χ3n) is 8.37. The van der Waals surface area contributed by atoms with Crippen LogP contribution in [0.5, 0.6) is 0 Å². The van der Waals surface area contributed by atoms with Crippen molar-refractivity contribution in [2.45, 2.75) is 33.3 Å². The van der Waals surface area contributed by atoms with Gasteiger partial charge in [-0.05, 0) is 55.7 Å². The molecular weight excluding hydrogens is 705 g/mol. The first-order valence-corrected chi connectivity index (χ1v) is 19.7. The number of hydrogen-bond acceptors (Lipinski definition) is 12. The molecule has 0 bridgehead atoms. The number of rotatable bonds is 24. The van der Waals surface area contributed by atoms with Gasteiger partial charge in [0.1, 0.15) is 29.7 Å². The Hall–Kier alpha value is -3.77. The van der Waals surface area contributed by atoms with E-state index in [0.717, 1.165) is 29.9 Å². The SMILES string of the molecule is CCN(CC(OCCOCCOCCOCC[N+](C)(C)CCCS(=O)(=O)O)c1ccccc1)c1ccc(/N=N/c2sc(C#N)c(C)c2C#N)c(C)c1. The fourth-order valence-electron chi connectivity index (χ4n) is 5.28. The lowest BCUT2D eigenvalue weighted by Gasteiger charge is -2.29. The highest BCUT2D eigenvalue weighted by atomic mass is 32.2. The number of aryl methyl sites for hydroxylation is 1. The Balaban J connectivity index is 1.42. The van der Waals surface area contributed by atoms with Crippen molar-refractivity contribution >= 4 is 37.8 Å². The van der Waals surface area contributed by atoms with Crippen LogP contribution in [-0.2, 0) is 29.1 Å². The van der Waals surface area contributed by atoms with E-state index < -0.39 is 10.1 Å². The third kappa shape index (κ3) is 14.7. The first-order chi connectivity index (χ1) is 24.9. The second kappa shape index (κ2) is 21.7. The Morgan fingerprint density at radius 1 is 0.904 bits per heavy atom. The maximum atomic E-state index is 10.9. The Labute approximate surface area is 312 Å². The molecule has 0 amide bonds. The molecule has 0 radical (unpaired) electrons. The van der Waals surface area contributed by atoms with Crippen molar-refractivity contribution in [3.63, 3.8) is 0 Å². The molecule has 0 spiro atoms. The minimum atomic E-state index is -3.93. The standard InChI is InChI=1S/C37H50N6O7S2/c1-6-42(32-13-14-34(29(2)25-32)40-41-37-33(26-38)30(3)36(27-39)51-37)28-35(31-11-8-7-9-12-31)50-23-22-49-21-20-48-19-18-47-17-16-43(4,5)15-10-24-52(44,45)46/h7-9,11-14,25,35H,6,10,15-24,28H2,1-5H3/p+1/b41-40+. The average molecular weight is 756 g/mol. The summed E-state index contributed by atoms with van der Waals surface area (Å²) in [5.74, 6) is -0.231. The number of hydrogen-bond donors (Lipinski definition) is 1. The van der Waals surface area contributed by atoms with Gasteiger partial charge in [-0.1, -0.05) is 30.3 Å². The zero-order valence-electron chi connectivity index (χ0n) is 30.8. The Morgan fingerprint density at radius 3 is 2.15 bits per heavy atom. The summed E-state index contributed by atoms with van der Waals surface area (Å²) in [5, 5.41) is 28.0. The number of thiophene rings is 1. The van der Waals surface area contributed by atoms with E-state index >= 15 is 0 Å². The monoisotopic (exact) mass is 755 g/mol. The lowest BCUT2D eigenvalue weighted by Crippen LogP contribution is -2.43. The number of quaternary nitrogens is 1. The lowest BCUT2D eigenvalue weighted by molar-refractivity contribution is -0.890. The fraction of sp³-hybridized carbons (Fsp3) is 0.514. The van der Waals surface area contributed by atoms with Gasteiger partial charge >= 0.3 is 0 Å². The molecule has 15 heteroatoms. The molecule has 3 aromatic rings. The van der Waals surface area contributed by atoms with Crippen molar-refractivity contribution in [2.24, 2.45) is 10.2 Å². The van der Waals surface area contributed by atoms with Crippen molar-refractivity contribution in [1.29, 1.82) is 10.5 Å². The van der Waals surface area contributed by atoms with Crippen LogP contribution >= 0.6 is 11.3 Å². The van der Waals surface area contributed by atoms with Gasteiger partial charge in [-0.25, -0.2) is 0 Å². The number of azo groups is 1. The molecule has 3 rings (SSSR count). The molecule has 2 aromatic carbocycles. The molecule has 13 nitrogen and oxygen atoms in total. The second-order valence-electron chi connectivity index (χ2n) is 12.8. The first-order valence-electron chi connectivity index (χ1n) is 17.2. The first kappa shape index (κ1) is 42.6. The summed E-state index contributed by atoms with van der Waals surface area (Å²) in [6, 6.07) is 20.3. The number of benzene rings is 2. The van der Waals surface area contributed by atoms with Crippen LogP contribution < -0.4 is 4.90 Å². The van der Waals surface area contributed by atoms with Gasteiger partial charge in [-0.3, -0.25) is 4.55 Å². The van der Waals surface area contributed by atoms with Crippen LogP contribution in [0.4, 0.5) is 16.4 Å². The molecule has 0 saturated heterocycles. The van der Waals surface area contributed by atoms with Crippen LogP contribution in [0.3, 0.4) is 0 Å². The van der Waals surface area contributed by atoms with Gasteiger partial charge in [-0.15, -0.1) is 21.6 Å². The number of nitriles is 2. The van der Waals surface area contributed by atoms with Gasteiger partial charge in [0.15, 0.2) is 5.00 Å². The molecule has 0 aliphatic carbocycles. The van der Waals surface area contributed by atoms with Crippen molar-refractivity contribution in [1.82, 2.24) is 0 Å². The molecule has 282 valence electrons. The normalized spacial score (nSPS) is 12.5. The summed E-state index contributed by atoms with van der Waals surface area (Å²) in [7, 11) is 0.0684. The topological polar surface area (TPSA) is 167 Å². The van der Waals surface area contributed by atoms with E-state index in [4.69, 9.17) is 23.5 Å². The Morgan fingerprint density at radius 2 is 1.56 bits per heavy atom. The van der Waals surface area contributed by atoms with Crippen molar-refractivity contribution in [3.8, 4) is 12.1 Å². The van der Waals surface area contributed by atoms with Crippen molar-refractivity contribution in [2.75, 3.05) is 97.2 Å². The van der Waals surface area contributed by atoms with Crippen LogP contribution in [0, 0.1) is 36.5 Å². The highest BCUT2D eigenvalue weighted by molar-refractivity contribution is 7.85. The third-order valence-corrected chi connectivity index (χ3v) is 10.3. The highest BCUT2D eigenvalue weighted by Crippen LogP contribution is 2.36. The molecule has 1 N–H and O–H groups in total. The number of nitrogens with zero attached hydrogens (tertiary/aromatic N) is 6. The smallest absolute Gasteiger partial charge is 0.265 e. The van der Waals surface area contributed by atoms with Crippen molar-refractivity contribution in [3.05, 3.63) is 75.7 Å². The quantitative estimate of drug-likeness (QED) is 0.0461. The summed E-state index contributed by atoms with van der Waals surface area (Å²) < 4.78 is 54.7. The van der Waals surface area contributed by atoms with Crippen LogP contribution in [0.2, 0.25) is 0 Å². The maximum Gasteiger partial charge on any atom is 0.265 e. The molecular formula is C37H51N6O7S2+. The predicted molar refractivity (Wildman–Crippen MR) is 202 cm³/mol. The molecule has 1 heterocycles. The number of anilines is 1. The van der Waals surface area contributed by atoms with Gasteiger partial charge in [0.25, 0.3) is 10.1 Å². The predicted octanol–water partition coefficient (Wildman–Crippen LogP) is 6.51.